The van der Waals surface area contributed by atoms with Gasteiger partial charge in [0.1, 0.15) is 29.8 Å². The Morgan fingerprint density at radius 2 is 1.78 bits per heavy atom. The monoisotopic (exact) mass is 390 g/mol. The molecule has 4 atom stereocenters. The van der Waals surface area contributed by atoms with Crippen LogP contribution in [-0.2, 0) is 11.2 Å². The normalized spacial score (nSPS) is 25.1. The number of hydrogen-bond donors (Lipinski definition) is 3. The molecule has 27 heavy (non-hydrogen) atoms. The minimum absolute atomic E-state index is 0.0285. The van der Waals surface area contributed by atoms with Crippen LogP contribution in [0.5, 0.6) is 5.75 Å². The van der Waals surface area contributed by atoms with E-state index in [4.69, 9.17) is 21.1 Å². The van der Waals surface area contributed by atoms with E-state index < -0.39 is 24.4 Å². The second kappa shape index (κ2) is 8.31. The Balaban J connectivity index is 1.83. The van der Waals surface area contributed by atoms with Crippen LogP contribution >= 0.6 is 11.6 Å². The molecule has 1 saturated heterocycles. The highest BCUT2D eigenvalue weighted by atomic mass is 35.5. The molecule has 1 fully saturated rings. The van der Waals surface area contributed by atoms with Gasteiger partial charge >= 0.3 is 0 Å². The Morgan fingerprint density at radius 3 is 2.44 bits per heavy atom. The van der Waals surface area contributed by atoms with Crippen molar-refractivity contribution in [3.63, 3.8) is 0 Å². The summed E-state index contributed by atoms with van der Waals surface area (Å²) in [7, 11) is 0. The molecule has 3 unspecified atom stereocenters. The molecule has 0 saturated carbocycles. The predicted octanol–water partition coefficient (Wildman–Crippen LogP) is 3.00. The summed E-state index contributed by atoms with van der Waals surface area (Å²) in [6.45, 7) is 6.16. The Hall–Kier alpha value is -2.05. The van der Waals surface area contributed by atoms with Crippen LogP contribution in [0.1, 0.15) is 29.7 Å². The first kappa shape index (κ1) is 19.7. The van der Waals surface area contributed by atoms with Gasteiger partial charge in [0.15, 0.2) is 6.10 Å². The fraction of sp³-hybridized carbons (Fsp3) is 0.333. The standard InChI is InChI=1S/C21H23ClO5/c1-3-26-16-7-4-13(5-8-16)10-15-11-14(6-9-17(15)22)21-20(25)19(24)18(23)12(2)27-21/h4-9,11,18-21,23-25H,2-3,10H2,1H3/t18-,19?,20?,21?/m0/s1. The van der Waals surface area contributed by atoms with Gasteiger partial charge < -0.3 is 24.8 Å². The smallest absolute Gasteiger partial charge is 0.152 e. The molecule has 1 heterocycles. The highest BCUT2D eigenvalue weighted by molar-refractivity contribution is 6.31. The van der Waals surface area contributed by atoms with Gasteiger partial charge in [-0.2, -0.15) is 0 Å². The molecule has 5 nitrogen and oxygen atoms in total. The number of aliphatic hydroxyl groups excluding tert-OH is 3. The van der Waals surface area contributed by atoms with E-state index in [9.17, 15) is 15.3 Å². The van der Waals surface area contributed by atoms with Crippen molar-refractivity contribution in [2.24, 2.45) is 0 Å². The van der Waals surface area contributed by atoms with Gasteiger partial charge in [0.25, 0.3) is 0 Å². The number of hydrogen-bond acceptors (Lipinski definition) is 5. The molecule has 0 amide bonds. The lowest BCUT2D eigenvalue weighted by Gasteiger charge is -2.37. The van der Waals surface area contributed by atoms with Gasteiger partial charge in [-0.25, -0.2) is 0 Å². The Bertz CT molecular complexity index is 805. The Morgan fingerprint density at radius 1 is 1.07 bits per heavy atom. The van der Waals surface area contributed by atoms with Crippen LogP contribution in [0.25, 0.3) is 0 Å². The number of benzene rings is 2. The molecule has 0 spiro atoms. The zero-order valence-corrected chi connectivity index (χ0v) is 15.8. The molecule has 144 valence electrons. The molecular formula is C21H23ClO5. The molecule has 1 aliphatic heterocycles. The van der Waals surface area contributed by atoms with E-state index in [2.05, 4.69) is 6.58 Å². The molecule has 2 aromatic carbocycles. The van der Waals surface area contributed by atoms with E-state index >= 15 is 0 Å². The summed E-state index contributed by atoms with van der Waals surface area (Å²) in [6, 6.07) is 13.1. The van der Waals surface area contributed by atoms with E-state index in [-0.39, 0.29) is 5.76 Å². The van der Waals surface area contributed by atoms with Crippen molar-refractivity contribution in [2.45, 2.75) is 37.8 Å². The third-order valence-electron chi connectivity index (χ3n) is 4.62. The summed E-state index contributed by atoms with van der Waals surface area (Å²) in [5, 5.41) is 30.6. The van der Waals surface area contributed by atoms with Crippen molar-refractivity contribution in [1.82, 2.24) is 0 Å². The summed E-state index contributed by atoms with van der Waals surface area (Å²) in [6.07, 6.45) is -4.18. The largest absolute Gasteiger partial charge is 0.494 e. The molecule has 1 aliphatic rings. The fourth-order valence-corrected chi connectivity index (χ4v) is 3.31. The third-order valence-corrected chi connectivity index (χ3v) is 4.99. The fourth-order valence-electron chi connectivity index (χ4n) is 3.12. The molecule has 0 aromatic heterocycles. The molecule has 6 heteroatoms. The van der Waals surface area contributed by atoms with Gasteiger partial charge in [0.05, 0.1) is 6.61 Å². The number of ether oxygens (including phenoxy) is 2. The summed E-state index contributed by atoms with van der Waals surface area (Å²) < 4.78 is 11.0. The average Bonchev–Trinajstić information content (AvgIpc) is 2.66. The maximum Gasteiger partial charge on any atom is 0.152 e. The quantitative estimate of drug-likeness (QED) is 0.731. The topological polar surface area (TPSA) is 79.2 Å². The van der Waals surface area contributed by atoms with Gasteiger partial charge in [-0.1, -0.05) is 42.4 Å². The summed E-state index contributed by atoms with van der Waals surface area (Å²) >= 11 is 6.35. The predicted molar refractivity (Wildman–Crippen MR) is 103 cm³/mol. The first-order valence-electron chi connectivity index (χ1n) is 8.80. The Kier molecular flexibility index (Phi) is 6.07. The highest BCUT2D eigenvalue weighted by Gasteiger charge is 2.41. The van der Waals surface area contributed by atoms with Gasteiger partial charge in [0, 0.05) is 5.02 Å². The molecule has 2 aromatic rings. The van der Waals surface area contributed by atoms with Gasteiger partial charge in [-0.05, 0) is 48.2 Å². The van der Waals surface area contributed by atoms with E-state index in [1.807, 2.05) is 37.3 Å². The van der Waals surface area contributed by atoms with Crippen molar-refractivity contribution in [3.05, 3.63) is 76.5 Å². The van der Waals surface area contributed by atoms with Crippen LogP contribution in [0.2, 0.25) is 5.02 Å². The minimum Gasteiger partial charge on any atom is -0.494 e. The number of halogens is 1. The number of rotatable bonds is 5. The van der Waals surface area contributed by atoms with Crippen LogP contribution in [0.4, 0.5) is 0 Å². The van der Waals surface area contributed by atoms with E-state index in [0.717, 1.165) is 16.9 Å². The van der Waals surface area contributed by atoms with Gasteiger partial charge in [-0.15, -0.1) is 0 Å². The molecule has 0 radical (unpaired) electrons. The van der Waals surface area contributed by atoms with Crippen LogP contribution in [-0.4, -0.2) is 40.2 Å². The lowest BCUT2D eigenvalue weighted by Crippen LogP contribution is -2.47. The lowest BCUT2D eigenvalue weighted by atomic mass is 9.92. The summed E-state index contributed by atoms with van der Waals surface area (Å²) in [5.41, 5.74) is 2.57. The zero-order chi connectivity index (χ0) is 19.6. The molecule has 3 rings (SSSR count). The average molecular weight is 391 g/mol. The number of aliphatic hydroxyl groups is 3. The molecule has 0 aliphatic carbocycles. The highest BCUT2D eigenvalue weighted by Crippen LogP contribution is 2.35. The maximum absolute atomic E-state index is 10.3. The lowest BCUT2D eigenvalue weighted by molar-refractivity contribution is -0.157. The van der Waals surface area contributed by atoms with Gasteiger partial charge in [-0.3, -0.25) is 0 Å². The Labute approximate surface area is 163 Å². The van der Waals surface area contributed by atoms with Crippen molar-refractivity contribution in [1.29, 1.82) is 0 Å². The van der Waals surface area contributed by atoms with Crippen molar-refractivity contribution in [3.8, 4) is 5.75 Å². The molecule has 3 N–H and O–H groups in total. The van der Waals surface area contributed by atoms with Crippen LogP contribution < -0.4 is 4.74 Å². The van der Waals surface area contributed by atoms with E-state index in [0.29, 0.717) is 23.6 Å². The van der Waals surface area contributed by atoms with Crippen LogP contribution in [0.15, 0.2) is 54.8 Å². The summed E-state index contributed by atoms with van der Waals surface area (Å²) in [4.78, 5) is 0. The van der Waals surface area contributed by atoms with Crippen LogP contribution in [0, 0.1) is 0 Å². The van der Waals surface area contributed by atoms with Crippen molar-refractivity contribution in [2.75, 3.05) is 6.61 Å². The first-order valence-corrected chi connectivity index (χ1v) is 9.18. The third kappa shape index (κ3) is 4.28. The zero-order valence-electron chi connectivity index (χ0n) is 15.0. The second-order valence-electron chi connectivity index (χ2n) is 6.54. The SMILES string of the molecule is C=C1OC(c2ccc(Cl)c(Cc3ccc(OCC)cc3)c2)C(O)C(O)[C@H]1O. The van der Waals surface area contributed by atoms with Crippen LogP contribution in [0.3, 0.4) is 0 Å². The van der Waals surface area contributed by atoms with Crippen molar-refractivity contribution < 1.29 is 24.8 Å². The first-order chi connectivity index (χ1) is 12.9. The maximum atomic E-state index is 10.3. The van der Waals surface area contributed by atoms with E-state index in [1.165, 1.54) is 0 Å². The van der Waals surface area contributed by atoms with Crippen molar-refractivity contribution >= 4 is 11.6 Å². The van der Waals surface area contributed by atoms with E-state index in [1.54, 1.807) is 12.1 Å². The minimum atomic E-state index is -1.36. The molecular weight excluding hydrogens is 368 g/mol. The molecule has 0 bridgehead atoms. The summed E-state index contributed by atoms with van der Waals surface area (Å²) in [5.74, 6) is 0.840. The van der Waals surface area contributed by atoms with Gasteiger partial charge in [0.2, 0.25) is 0 Å². The second-order valence-corrected chi connectivity index (χ2v) is 6.94.